The smallest absolute Gasteiger partial charge is 0.222 e. The molecule has 0 aromatic heterocycles. The third-order valence-electron chi connectivity index (χ3n) is 22.8. The maximum atomic E-state index is 13.4. The lowest BCUT2D eigenvalue weighted by molar-refractivity contribution is -0.130. The molecule has 0 heterocycles. The zero-order valence-corrected chi connectivity index (χ0v) is 45.0. The van der Waals surface area contributed by atoms with Crippen LogP contribution in [0, 0.1) is 98.1 Å². The number of amides is 4. The van der Waals surface area contributed by atoms with Crippen LogP contribution in [0.25, 0.3) is 0 Å². The summed E-state index contributed by atoms with van der Waals surface area (Å²) in [6.07, 6.45) is 32.8. The average molecular weight is 1010 g/mol. The van der Waals surface area contributed by atoms with E-state index in [4.69, 9.17) is 18.9 Å². The summed E-state index contributed by atoms with van der Waals surface area (Å²) in [6, 6.07) is 0. The lowest BCUT2D eigenvalue weighted by atomic mass is 9.49. The van der Waals surface area contributed by atoms with E-state index in [1.807, 2.05) is 0 Å². The molecule has 16 saturated carbocycles. The van der Waals surface area contributed by atoms with Gasteiger partial charge < -0.3 is 40.2 Å². The first-order valence-electron chi connectivity index (χ1n) is 30.7. The van der Waals surface area contributed by atoms with Crippen LogP contribution < -0.4 is 21.3 Å². The molecule has 0 aliphatic heterocycles. The first-order valence-corrected chi connectivity index (χ1v) is 30.7. The van der Waals surface area contributed by atoms with Gasteiger partial charge in [0.25, 0.3) is 0 Å². The van der Waals surface area contributed by atoms with Crippen molar-refractivity contribution in [2.24, 2.45) is 98.1 Å². The summed E-state index contributed by atoms with van der Waals surface area (Å²) >= 11 is 0. The fourth-order valence-corrected chi connectivity index (χ4v) is 21.6. The highest BCUT2D eigenvalue weighted by Gasteiger charge is 2.54. The first-order chi connectivity index (χ1) is 35.3. The van der Waals surface area contributed by atoms with E-state index in [1.165, 1.54) is 154 Å². The lowest BCUT2D eigenvalue weighted by Crippen LogP contribution is -2.51. The van der Waals surface area contributed by atoms with E-state index in [2.05, 4.69) is 21.3 Å². The average Bonchev–Trinajstić information content (AvgIpc) is 3.33. The van der Waals surface area contributed by atoms with Crippen LogP contribution in [0.3, 0.4) is 0 Å². The minimum absolute atomic E-state index is 0.0313. The Morgan fingerprint density at radius 1 is 0.301 bits per heavy atom. The van der Waals surface area contributed by atoms with Gasteiger partial charge >= 0.3 is 0 Å². The molecule has 0 unspecified atom stereocenters. The number of rotatable bonds is 28. The summed E-state index contributed by atoms with van der Waals surface area (Å²) in [5.74, 6) is 10.2. The molecule has 16 aliphatic rings. The highest BCUT2D eigenvalue weighted by Crippen LogP contribution is 2.63. The molecule has 0 saturated heterocycles. The second-order valence-corrected chi connectivity index (χ2v) is 29.5. The number of carbonyl (C=O) groups excluding carboxylic acids is 4. The van der Waals surface area contributed by atoms with Crippen molar-refractivity contribution in [1.82, 2.24) is 21.3 Å². The maximum Gasteiger partial charge on any atom is 0.222 e. The summed E-state index contributed by atoms with van der Waals surface area (Å²) < 4.78 is 25.7. The van der Waals surface area contributed by atoms with Crippen molar-refractivity contribution < 1.29 is 38.1 Å². The van der Waals surface area contributed by atoms with Gasteiger partial charge in [0.1, 0.15) is 0 Å². The Kier molecular flexibility index (Phi) is 15.2. The Hall–Kier alpha value is -2.28. The number of hydrogen-bond donors (Lipinski definition) is 4. The standard InChI is InChI=1S/C61H96N4O8/c66-53(62-33-57-21-41-9-42(22-57)11-43(10-41)23-57)1-5-70-37-61(38-71-6-2-54(67)63-34-58-24-44-12-45(25-58)14-46(13-44)26-58,39-72-7-3-55(68)64-35-59-27-47-15-48(28-59)17-49(16-47)29-59)40-73-8-4-56(69)65-36-60-30-50-18-51(31-60)20-52(19-50)32-60/h41-52H,1-40H2,(H,62,66)(H,63,67)(H,64,68)(H,65,69). The van der Waals surface area contributed by atoms with Gasteiger partial charge in [0.2, 0.25) is 23.6 Å². The SMILES string of the molecule is O=C(CCOCC(COCCC(=O)NCC12CC3CC(CC(C3)C1)C2)(COCCC(=O)NCC12CC3CC(CC(C3)C1)C2)COCCC(=O)NCC12CC3CC(CC(C3)C1)C2)NCC12CC3CC(CC(C3)C1)C2. The summed E-state index contributed by atoms with van der Waals surface area (Å²) in [5.41, 5.74) is 0.299. The molecule has 16 rings (SSSR count). The maximum absolute atomic E-state index is 13.4. The fraction of sp³-hybridized carbons (Fsp3) is 0.934. The molecule has 12 heteroatoms. The summed E-state index contributed by atoms with van der Waals surface area (Å²) in [4.78, 5) is 53.6. The minimum Gasteiger partial charge on any atom is -0.380 e. The van der Waals surface area contributed by atoms with Crippen molar-refractivity contribution in [2.75, 3.05) is 79.0 Å². The molecule has 16 aliphatic carbocycles. The molecular formula is C61H96N4O8. The summed E-state index contributed by atoms with van der Waals surface area (Å²) in [7, 11) is 0. The van der Waals surface area contributed by atoms with Gasteiger partial charge in [0, 0.05) is 51.9 Å². The number of ether oxygens (including phenoxy) is 4. The van der Waals surface area contributed by atoms with Crippen molar-refractivity contribution >= 4 is 23.6 Å². The van der Waals surface area contributed by atoms with Gasteiger partial charge in [-0.2, -0.15) is 0 Å². The van der Waals surface area contributed by atoms with Crippen molar-refractivity contribution in [3.63, 3.8) is 0 Å². The molecule has 4 N–H and O–H groups in total. The predicted molar refractivity (Wildman–Crippen MR) is 279 cm³/mol. The second kappa shape index (κ2) is 21.5. The van der Waals surface area contributed by atoms with E-state index in [0.29, 0.717) is 0 Å². The Balaban J connectivity index is 0.653. The topological polar surface area (TPSA) is 153 Å². The highest BCUT2D eigenvalue weighted by atomic mass is 16.5. The van der Waals surface area contributed by atoms with Gasteiger partial charge in [-0.3, -0.25) is 19.2 Å². The van der Waals surface area contributed by atoms with E-state index < -0.39 is 5.41 Å². The predicted octanol–water partition coefficient (Wildman–Crippen LogP) is 8.93. The molecular weight excluding hydrogens is 917 g/mol. The van der Waals surface area contributed by atoms with Crippen LogP contribution in [-0.2, 0) is 38.1 Å². The molecule has 0 spiro atoms. The molecule has 12 nitrogen and oxygen atoms in total. The van der Waals surface area contributed by atoms with Crippen molar-refractivity contribution in [2.45, 2.75) is 180 Å². The van der Waals surface area contributed by atoms with Crippen LogP contribution >= 0.6 is 0 Å². The van der Waals surface area contributed by atoms with Crippen molar-refractivity contribution in [3.8, 4) is 0 Å². The van der Waals surface area contributed by atoms with Gasteiger partial charge in [-0.1, -0.05) is 0 Å². The van der Waals surface area contributed by atoms with E-state index in [-0.39, 0.29) is 124 Å². The fourth-order valence-electron chi connectivity index (χ4n) is 21.6. The zero-order chi connectivity index (χ0) is 49.7. The highest BCUT2D eigenvalue weighted by molar-refractivity contribution is 5.77. The van der Waals surface area contributed by atoms with E-state index in [0.717, 1.165) is 97.2 Å². The van der Waals surface area contributed by atoms with Gasteiger partial charge in [0.05, 0.1) is 58.3 Å². The number of nitrogens with one attached hydrogen (secondary N) is 4. The normalized spacial score (nSPS) is 42.3. The number of carbonyl (C=O) groups is 4. The molecule has 16 bridgehead atoms. The van der Waals surface area contributed by atoms with E-state index in [1.54, 1.807) is 0 Å². The zero-order valence-electron chi connectivity index (χ0n) is 45.0. The molecule has 16 fully saturated rings. The summed E-state index contributed by atoms with van der Waals surface area (Å²) in [5, 5.41) is 13.3. The van der Waals surface area contributed by atoms with Gasteiger partial charge in [0.15, 0.2) is 0 Å². The van der Waals surface area contributed by atoms with Crippen LogP contribution in [-0.4, -0.2) is 103 Å². The molecule has 408 valence electrons. The van der Waals surface area contributed by atoms with Crippen LogP contribution in [0.5, 0.6) is 0 Å². The van der Waals surface area contributed by atoms with Crippen LogP contribution in [0.2, 0.25) is 0 Å². The van der Waals surface area contributed by atoms with Crippen LogP contribution in [0.15, 0.2) is 0 Å². The Morgan fingerprint density at radius 3 is 0.630 bits per heavy atom. The first kappa shape index (κ1) is 51.5. The van der Waals surface area contributed by atoms with Crippen LogP contribution in [0.1, 0.15) is 180 Å². The molecule has 0 aromatic carbocycles. The van der Waals surface area contributed by atoms with E-state index in [9.17, 15) is 19.2 Å². The monoisotopic (exact) mass is 1010 g/mol. The van der Waals surface area contributed by atoms with Crippen molar-refractivity contribution in [1.29, 1.82) is 0 Å². The number of hydrogen-bond acceptors (Lipinski definition) is 8. The third-order valence-corrected chi connectivity index (χ3v) is 22.8. The van der Waals surface area contributed by atoms with Gasteiger partial charge in [-0.05, 0) is 247 Å². The molecule has 0 radical (unpaired) electrons. The van der Waals surface area contributed by atoms with E-state index >= 15 is 0 Å². The molecule has 4 amide bonds. The largest absolute Gasteiger partial charge is 0.380 e. The molecule has 0 atom stereocenters. The Bertz CT molecular complexity index is 1570. The Morgan fingerprint density at radius 2 is 0.466 bits per heavy atom. The second-order valence-electron chi connectivity index (χ2n) is 29.5. The Labute approximate surface area is 438 Å². The molecule has 73 heavy (non-hydrogen) atoms. The quantitative estimate of drug-likeness (QED) is 0.0568. The van der Waals surface area contributed by atoms with Gasteiger partial charge in [-0.25, -0.2) is 0 Å². The van der Waals surface area contributed by atoms with Crippen LogP contribution in [0.4, 0.5) is 0 Å². The van der Waals surface area contributed by atoms with Gasteiger partial charge in [-0.15, -0.1) is 0 Å². The van der Waals surface area contributed by atoms with Crippen molar-refractivity contribution in [3.05, 3.63) is 0 Å². The summed E-state index contributed by atoms with van der Waals surface area (Å²) in [6.45, 7) is 4.95. The molecule has 0 aromatic rings. The minimum atomic E-state index is -0.795. The third kappa shape index (κ3) is 12.2. The lowest BCUT2D eigenvalue weighted by Gasteiger charge is -2.56.